The quantitative estimate of drug-likeness (QED) is 0.847. The van der Waals surface area contributed by atoms with E-state index in [4.69, 9.17) is 9.47 Å². The number of aliphatic hydroxyl groups is 1. The number of aliphatic hydroxyl groups excluding tert-OH is 1. The van der Waals surface area contributed by atoms with Gasteiger partial charge < -0.3 is 19.5 Å². The lowest BCUT2D eigenvalue weighted by atomic mass is 9.89. The number of benzene rings is 1. The van der Waals surface area contributed by atoms with Crippen LogP contribution >= 0.6 is 0 Å². The Morgan fingerprint density at radius 1 is 1.42 bits per heavy atom. The number of hydrogen-bond donors (Lipinski definition) is 1. The van der Waals surface area contributed by atoms with E-state index in [1.807, 2.05) is 6.92 Å². The Labute approximate surface area is 153 Å². The van der Waals surface area contributed by atoms with Crippen LogP contribution in [-0.2, 0) is 9.53 Å². The van der Waals surface area contributed by atoms with Gasteiger partial charge in [0.1, 0.15) is 23.7 Å². The molecule has 1 N–H and O–H groups in total. The van der Waals surface area contributed by atoms with E-state index >= 15 is 0 Å². The van der Waals surface area contributed by atoms with Crippen molar-refractivity contribution >= 4 is 5.91 Å². The summed E-state index contributed by atoms with van der Waals surface area (Å²) in [6, 6.07) is 6.70. The molecule has 0 radical (unpaired) electrons. The van der Waals surface area contributed by atoms with Crippen LogP contribution in [0, 0.1) is 11.3 Å². The van der Waals surface area contributed by atoms with Crippen LogP contribution in [0.1, 0.15) is 50.3 Å². The number of nitriles is 1. The lowest BCUT2D eigenvalue weighted by molar-refractivity contribution is -0.132. The Kier molecular flexibility index (Phi) is 5.48. The summed E-state index contributed by atoms with van der Waals surface area (Å²) in [5.41, 5.74) is 1.14. The van der Waals surface area contributed by atoms with Gasteiger partial charge in [0.2, 0.25) is 0 Å². The van der Waals surface area contributed by atoms with Crippen molar-refractivity contribution in [1.82, 2.24) is 4.90 Å². The van der Waals surface area contributed by atoms with E-state index in [1.54, 1.807) is 23.1 Å². The van der Waals surface area contributed by atoms with Crippen molar-refractivity contribution in [1.29, 1.82) is 5.26 Å². The second-order valence-corrected chi connectivity index (χ2v) is 6.61. The third-order valence-corrected chi connectivity index (χ3v) is 4.84. The number of hydrogen-bond acceptors (Lipinski definition) is 5. The number of rotatable bonds is 6. The van der Waals surface area contributed by atoms with Crippen LogP contribution in [0.3, 0.4) is 0 Å². The van der Waals surface area contributed by atoms with Crippen LogP contribution < -0.4 is 4.74 Å². The predicted molar refractivity (Wildman–Crippen MR) is 95.3 cm³/mol. The van der Waals surface area contributed by atoms with E-state index < -0.39 is 12.1 Å². The fraction of sp³-hybridized carbons (Fsp3) is 0.500. The van der Waals surface area contributed by atoms with Crippen LogP contribution in [-0.4, -0.2) is 41.3 Å². The molecule has 6 nitrogen and oxygen atoms in total. The molecule has 1 unspecified atom stereocenters. The smallest absolute Gasteiger partial charge is 0.251 e. The first-order valence-electron chi connectivity index (χ1n) is 9.11. The number of unbranched alkanes of at least 4 members (excludes halogenated alkanes) is 1. The molecule has 0 saturated carbocycles. The van der Waals surface area contributed by atoms with Gasteiger partial charge in [0, 0.05) is 11.6 Å². The molecule has 2 aliphatic rings. The summed E-state index contributed by atoms with van der Waals surface area (Å²) in [4.78, 5) is 14.2. The molecule has 0 saturated heterocycles. The fourth-order valence-electron chi connectivity index (χ4n) is 3.58. The average Bonchev–Trinajstić information content (AvgIpc) is 2.99. The molecule has 26 heavy (non-hydrogen) atoms. The molecule has 0 bridgehead atoms. The summed E-state index contributed by atoms with van der Waals surface area (Å²) in [5.74, 6) is 1.03. The molecule has 138 valence electrons. The minimum absolute atomic E-state index is 0.193. The summed E-state index contributed by atoms with van der Waals surface area (Å²) < 4.78 is 11.5. The second-order valence-electron chi connectivity index (χ2n) is 6.61. The topological polar surface area (TPSA) is 82.8 Å². The number of fused-ring (bicyclic) bond motifs is 1. The molecule has 1 aromatic carbocycles. The van der Waals surface area contributed by atoms with Crippen LogP contribution in [0.5, 0.6) is 5.75 Å². The van der Waals surface area contributed by atoms with Crippen molar-refractivity contribution < 1.29 is 19.4 Å². The Balaban J connectivity index is 1.96. The first-order chi connectivity index (χ1) is 12.6. The number of amides is 1. The van der Waals surface area contributed by atoms with Gasteiger partial charge in [0.15, 0.2) is 0 Å². The lowest BCUT2D eigenvalue weighted by Gasteiger charge is -2.41. The van der Waals surface area contributed by atoms with Gasteiger partial charge in [-0.05, 0) is 38.0 Å². The molecule has 1 amide bonds. The molecule has 0 aliphatic carbocycles. The maximum atomic E-state index is 12.5. The zero-order valence-corrected chi connectivity index (χ0v) is 15.1. The highest BCUT2D eigenvalue weighted by molar-refractivity contribution is 5.91. The Morgan fingerprint density at radius 2 is 2.23 bits per heavy atom. The number of nitrogens with zero attached hydrogens (tertiary/aromatic N) is 2. The van der Waals surface area contributed by atoms with Crippen molar-refractivity contribution in [2.24, 2.45) is 0 Å². The third-order valence-electron chi connectivity index (χ3n) is 4.84. The van der Waals surface area contributed by atoms with Crippen LogP contribution in [0.25, 0.3) is 0 Å². The number of carbonyl (C=O) groups excluding carboxylic acids is 1. The van der Waals surface area contributed by atoms with Gasteiger partial charge in [0.05, 0.1) is 30.8 Å². The van der Waals surface area contributed by atoms with Crippen LogP contribution in [0.15, 0.2) is 30.0 Å². The Morgan fingerprint density at radius 3 is 2.92 bits per heavy atom. The highest BCUT2D eigenvalue weighted by Crippen LogP contribution is 2.41. The molecule has 2 aliphatic heterocycles. The summed E-state index contributed by atoms with van der Waals surface area (Å²) in [7, 11) is 0. The van der Waals surface area contributed by atoms with Crippen LogP contribution in [0.4, 0.5) is 0 Å². The van der Waals surface area contributed by atoms with Crippen molar-refractivity contribution in [3.8, 4) is 11.8 Å². The van der Waals surface area contributed by atoms with E-state index in [0.717, 1.165) is 12.8 Å². The molecule has 3 atom stereocenters. The van der Waals surface area contributed by atoms with Crippen molar-refractivity contribution in [2.45, 2.75) is 51.4 Å². The molecule has 6 heteroatoms. The molecule has 0 aromatic heterocycles. The van der Waals surface area contributed by atoms with E-state index in [9.17, 15) is 15.2 Å². The van der Waals surface area contributed by atoms with E-state index in [-0.39, 0.29) is 12.0 Å². The van der Waals surface area contributed by atoms with Gasteiger partial charge in [0.25, 0.3) is 5.91 Å². The maximum absolute atomic E-state index is 12.5. The molecule has 0 spiro atoms. The van der Waals surface area contributed by atoms with Crippen molar-refractivity contribution in [3.05, 3.63) is 41.2 Å². The van der Waals surface area contributed by atoms with Gasteiger partial charge in [-0.1, -0.05) is 13.3 Å². The number of ether oxygens (including phenoxy) is 2. The van der Waals surface area contributed by atoms with Crippen molar-refractivity contribution in [2.75, 3.05) is 13.2 Å². The second kappa shape index (κ2) is 7.79. The highest BCUT2D eigenvalue weighted by atomic mass is 16.5. The van der Waals surface area contributed by atoms with Crippen LogP contribution in [0.2, 0.25) is 0 Å². The Bertz CT molecular complexity index is 753. The Hall–Kier alpha value is -2.52. The average molecular weight is 356 g/mol. The zero-order chi connectivity index (χ0) is 18.7. The minimum atomic E-state index is -0.860. The SMILES string of the molecule is CCCC[C@@H]1Oc2ccc(C#N)cc2C(N2CC(OCC)=CC2=O)[C@H]1O. The molecule has 3 rings (SSSR count). The van der Waals surface area contributed by atoms with E-state index in [1.165, 1.54) is 6.08 Å². The highest BCUT2D eigenvalue weighted by Gasteiger charge is 2.43. The molecular weight excluding hydrogens is 332 g/mol. The van der Waals surface area contributed by atoms with E-state index in [0.29, 0.717) is 42.2 Å². The summed E-state index contributed by atoms with van der Waals surface area (Å²) in [6.07, 6.45) is 2.86. The summed E-state index contributed by atoms with van der Waals surface area (Å²) >= 11 is 0. The maximum Gasteiger partial charge on any atom is 0.251 e. The summed E-state index contributed by atoms with van der Waals surface area (Å²) in [6.45, 7) is 4.75. The molecule has 2 heterocycles. The third kappa shape index (κ3) is 3.40. The lowest BCUT2D eigenvalue weighted by Crippen LogP contribution is -2.48. The standard InChI is InChI=1S/C20H24N2O4/c1-3-5-6-17-20(24)19(22-12-14(25-4-2)10-18(22)23)15-9-13(11-21)7-8-16(15)26-17/h7-10,17,19-20,24H,3-6,12H2,1-2H3/t17-,19?,20-/m0/s1. The van der Waals surface area contributed by atoms with Gasteiger partial charge >= 0.3 is 0 Å². The predicted octanol–water partition coefficient (Wildman–Crippen LogP) is 2.67. The first kappa shape index (κ1) is 18.3. The monoisotopic (exact) mass is 356 g/mol. The fourth-order valence-corrected chi connectivity index (χ4v) is 3.58. The molecule has 0 fully saturated rings. The van der Waals surface area contributed by atoms with Gasteiger partial charge in [-0.3, -0.25) is 4.79 Å². The van der Waals surface area contributed by atoms with Gasteiger partial charge in [-0.2, -0.15) is 5.26 Å². The minimum Gasteiger partial charge on any atom is -0.496 e. The summed E-state index contributed by atoms with van der Waals surface area (Å²) in [5, 5.41) is 20.2. The largest absolute Gasteiger partial charge is 0.496 e. The van der Waals surface area contributed by atoms with Gasteiger partial charge in [-0.15, -0.1) is 0 Å². The van der Waals surface area contributed by atoms with Gasteiger partial charge in [-0.25, -0.2) is 0 Å². The van der Waals surface area contributed by atoms with E-state index in [2.05, 4.69) is 13.0 Å². The molecule has 1 aromatic rings. The normalized spacial score (nSPS) is 24.5. The molecular formula is C20H24N2O4. The van der Waals surface area contributed by atoms with Crippen molar-refractivity contribution in [3.63, 3.8) is 0 Å². The first-order valence-corrected chi connectivity index (χ1v) is 9.11. The number of carbonyl (C=O) groups is 1. The zero-order valence-electron chi connectivity index (χ0n) is 15.1.